The second kappa shape index (κ2) is 3.60. The van der Waals surface area contributed by atoms with E-state index in [4.69, 9.17) is 0 Å². The number of aromatic nitrogens is 1. The molecule has 1 aliphatic carbocycles. The van der Waals surface area contributed by atoms with E-state index in [0.29, 0.717) is 19.0 Å². The third-order valence-corrected chi connectivity index (χ3v) is 3.62. The molecule has 0 radical (unpaired) electrons. The van der Waals surface area contributed by atoms with Crippen LogP contribution >= 0.6 is 0 Å². The Hall–Kier alpha value is -1.30. The topological polar surface area (TPSA) is 36.4 Å². The molecule has 2 heterocycles. The summed E-state index contributed by atoms with van der Waals surface area (Å²) in [7, 11) is 0. The molecular weight excluding hydrogens is 245 g/mol. The fourth-order valence-electron chi connectivity index (χ4n) is 2.41. The van der Waals surface area contributed by atoms with Gasteiger partial charge in [0.1, 0.15) is 17.1 Å². The van der Waals surface area contributed by atoms with E-state index in [9.17, 15) is 18.3 Å². The molecule has 0 bridgehead atoms. The molecular formula is C12H13F3N2O. The molecule has 0 amide bonds. The minimum absolute atomic E-state index is 0.287. The summed E-state index contributed by atoms with van der Waals surface area (Å²) in [4.78, 5) is 5.29. The van der Waals surface area contributed by atoms with Crippen molar-refractivity contribution >= 4 is 5.82 Å². The van der Waals surface area contributed by atoms with Crippen molar-refractivity contribution in [1.82, 2.24) is 4.98 Å². The molecule has 2 aliphatic rings. The fourth-order valence-corrected chi connectivity index (χ4v) is 2.41. The monoisotopic (exact) mass is 258 g/mol. The van der Waals surface area contributed by atoms with E-state index in [1.54, 1.807) is 11.0 Å². The van der Waals surface area contributed by atoms with Crippen LogP contribution in [0, 0.1) is 5.92 Å². The van der Waals surface area contributed by atoms with Crippen molar-refractivity contribution in [2.24, 2.45) is 5.92 Å². The summed E-state index contributed by atoms with van der Waals surface area (Å²) >= 11 is 0. The number of β-amino-alcohol motifs (C(OH)–C–C–N with tert-alkyl or cyclic N) is 1. The van der Waals surface area contributed by atoms with Gasteiger partial charge in [0.15, 0.2) is 0 Å². The van der Waals surface area contributed by atoms with Crippen molar-refractivity contribution in [2.45, 2.75) is 24.6 Å². The van der Waals surface area contributed by atoms with E-state index in [2.05, 4.69) is 4.98 Å². The van der Waals surface area contributed by atoms with Crippen LogP contribution in [0.5, 0.6) is 0 Å². The Labute approximate surface area is 102 Å². The van der Waals surface area contributed by atoms with Gasteiger partial charge in [0.05, 0.1) is 13.1 Å². The second-order valence-corrected chi connectivity index (χ2v) is 5.11. The van der Waals surface area contributed by atoms with Gasteiger partial charge < -0.3 is 10.0 Å². The highest BCUT2D eigenvalue weighted by Gasteiger charge is 2.52. The Balaban J connectivity index is 1.74. The van der Waals surface area contributed by atoms with Crippen LogP contribution in [0.15, 0.2) is 18.2 Å². The molecule has 1 saturated carbocycles. The van der Waals surface area contributed by atoms with Gasteiger partial charge in [-0.1, -0.05) is 6.07 Å². The standard InChI is InChI=1S/C12H13F3N2O/c13-12(14,15)9-2-1-3-10(16-9)17-6-11(18,7-17)8-4-5-8/h1-3,8,18H,4-7H2. The van der Waals surface area contributed by atoms with Crippen LogP contribution in [0.2, 0.25) is 0 Å². The number of hydrogen-bond acceptors (Lipinski definition) is 3. The average molecular weight is 258 g/mol. The van der Waals surface area contributed by atoms with E-state index < -0.39 is 17.5 Å². The maximum atomic E-state index is 12.5. The normalized spacial score (nSPS) is 22.8. The number of aliphatic hydroxyl groups is 1. The Morgan fingerprint density at radius 3 is 2.50 bits per heavy atom. The van der Waals surface area contributed by atoms with Crippen molar-refractivity contribution in [3.63, 3.8) is 0 Å². The lowest BCUT2D eigenvalue weighted by Crippen LogP contribution is -2.63. The van der Waals surface area contributed by atoms with Crippen molar-refractivity contribution in [1.29, 1.82) is 0 Å². The summed E-state index contributed by atoms with van der Waals surface area (Å²) in [5.74, 6) is 0.606. The van der Waals surface area contributed by atoms with Crippen LogP contribution < -0.4 is 4.90 Å². The lowest BCUT2D eigenvalue weighted by molar-refractivity contribution is -0.141. The number of hydrogen-bond donors (Lipinski definition) is 1. The van der Waals surface area contributed by atoms with Crippen LogP contribution in [0.1, 0.15) is 18.5 Å². The summed E-state index contributed by atoms with van der Waals surface area (Å²) < 4.78 is 37.5. The molecule has 3 rings (SSSR count). The molecule has 1 aliphatic heterocycles. The molecule has 1 aromatic rings. The molecule has 1 aromatic heterocycles. The second-order valence-electron chi connectivity index (χ2n) is 5.11. The van der Waals surface area contributed by atoms with E-state index in [1.807, 2.05) is 0 Å². The highest BCUT2D eigenvalue weighted by Crippen LogP contribution is 2.45. The van der Waals surface area contributed by atoms with Gasteiger partial charge in [0, 0.05) is 0 Å². The maximum absolute atomic E-state index is 12.5. The molecule has 0 atom stereocenters. The third kappa shape index (κ3) is 1.94. The van der Waals surface area contributed by atoms with Gasteiger partial charge in [-0.15, -0.1) is 0 Å². The van der Waals surface area contributed by atoms with Crippen molar-refractivity contribution in [3.05, 3.63) is 23.9 Å². The number of halogens is 3. The summed E-state index contributed by atoms with van der Waals surface area (Å²) in [6.45, 7) is 0.762. The highest BCUT2D eigenvalue weighted by molar-refractivity contribution is 5.45. The lowest BCUT2D eigenvalue weighted by Gasteiger charge is -2.47. The van der Waals surface area contributed by atoms with Crippen LogP contribution in [-0.4, -0.2) is 28.8 Å². The third-order valence-electron chi connectivity index (χ3n) is 3.62. The van der Waals surface area contributed by atoms with Gasteiger partial charge in [0.2, 0.25) is 0 Å². The van der Waals surface area contributed by atoms with Crippen LogP contribution in [0.3, 0.4) is 0 Å². The zero-order chi connectivity index (χ0) is 13.0. The largest absolute Gasteiger partial charge is 0.433 e. The van der Waals surface area contributed by atoms with Gasteiger partial charge in [-0.2, -0.15) is 13.2 Å². The van der Waals surface area contributed by atoms with Crippen LogP contribution in [0.4, 0.5) is 19.0 Å². The van der Waals surface area contributed by atoms with Gasteiger partial charge in [-0.3, -0.25) is 0 Å². The van der Waals surface area contributed by atoms with E-state index in [-0.39, 0.29) is 5.82 Å². The van der Waals surface area contributed by atoms with E-state index in [0.717, 1.165) is 18.9 Å². The Bertz CT molecular complexity index is 465. The quantitative estimate of drug-likeness (QED) is 0.882. The number of alkyl halides is 3. The first-order valence-corrected chi connectivity index (χ1v) is 5.90. The Morgan fingerprint density at radius 1 is 1.28 bits per heavy atom. The average Bonchev–Trinajstić information content (AvgIpc) is 3.08. The minimum Gasteiger partial charge on any atom is -0.386 e. The van der Waals surface area contributed by atoms with Crippen LogP contribution in [-0.2, 0) is 6.18 Å². The SMILES string of the molecule is OC1(C2CC2)CN(c2cccc(C(F)(F)F)n2)C1. The zero-order valence-electron chi connectivity index (χ0n) is 9.61. The van der Waals surface area contributed by atoms with Crippen molar-refractivity contribution in [2.75, 3.05) is 18.0 Å². The highest BCUT2D eigenvalue weighted by atomic mass is 19.4. The molecule has 1 N–H and O–H groups in total. The summed E-state index contributed by atoms with van der Waals surface area (Å²) in [6, 6.07) is 3.84. The number of anilines is 1. The number of nitrogens with zero attached hydrogens (tertiary/aromatic N) is 2. The maximum Gasteiger partial charge on any atom is 0.433 e. The molecule has 18 heavy (non-hydrogen) atoms. The summed E-state index contributed by atoms with van der Waals surface area (Å²) in [6.07, 6.45) is -2.39. The van der Waals surface area contributed by atoms with Crippen molar-refractivity contribution in [3.8, 4) is 0 Å². The predicted octanol–water partition coefficient (Wildman–Crippen LogP) is 2.06. The van der Waals surface area contributed by atoms with Crippen molar-refractivity contribution < 1.29 is 18.3 Å². The summed E-state index contributed by atoms with van der Waals surface area (Å²) in [5, 5.41) is 10.1. The Morgan fingerprint density at radius 2 is 1.94 bits per heavy atom. The zero-order valence-corrected chi connectivity index (χ0v) is 9.61. The smallest absolute Gasteiger partial charge is 0.386 e. The molecule has 1 saturated heterocycles. The number of pyridine rings is 1. The van der Waals surface area contributed by atoms with E-state index in [1.165, 1.54) is 6.07 Å². The summed E-state index contributed by atoms with van der Waals surface area (Å²) in [5.41, 5.74) is -1.60. The number of rotatable bonds is 2. The first-order valence-electron chi connectivity index (χ1n) is 5.90. The Kier molecular flexibility index (Phi) is 2.35. The lowest BCUT2D eigenvalue weighted by atomic mass is 9.89. The first kappa shape index (κ1) is 11.8. The minimum atomic E-state index is -4.42. The van der Waals surface area contributed by atoms with Gasteiger partial charge >= 0.3 is 6.18 Å². The predicted molar refractivity (Wildman–Crippen MR) is 59.1 cm³/mol. The molecule has 98 valence electrons. The molecule has 0 unspecified atom stereocenters. The van der Waals surface area contributed by atoms with Crippen LogP contribution in [0.25, 0.3) is 0 Å². The van der Waals surface area contributed by atoms with Gasteiger partial charge in [-0.05, 0) is 30.9 Å². The molecule has 6 heteroatoms. The fraction of sp³-hybridized carbons (Fsp3) is 0.583. The van der Waals surface area contributed by atoms with Gasteiger partial charge in [-0.25, -0.2) is 4.98 Å². The molecule has 3 nitrogen and oxygen atoms in total. The van der Waals surface area contributed by atoms with Gasteiger partial charge in [0.25, 0.3) is 0 Å². The molecule has 2 fully saturated rings. The molecule has 0 spiro atoms. The first-order chi connectivity index (χ1) is 8.38. The molecule has 0 aromatic carbocycles. The van der Waals surface area contributed by atoms with E-state index >= 15 is 0 Å².